The summed E-state index contributed by atoms with van der Waals surface area (Å²) in [5.41, 5.74) is 8.68. The fraction of sp³-hybridized carbons (Fsp3) is 0.143. The molecule has 0 saturated heterocycles. The molecule has 0 radical (unpaired) electrons. The van der Waals surface area contributed by atoms with Crippen molar-refractivity contribution in [2.24, 2.45) is 5.10 Å². The van der Waals surface area contributed by atoms with Gasteiger partial charge in [0.2, 0.25) is 11.6 Å². The Morgan fingerprint density at radius 3 is 2.78 bits per heavy atom. The number of aromatic nitrogens is 5. The number of benzene rings is 1. The van der Waals surface area contributed by atoms with E-state index in [0.29, 0.717) is 15.6 Å². The van der Waals surface area contributed by atoms with E-state index in [1.54, 1.807) is 18.2 Å². The third-order valence-corrected chi connectivity index (χ3v) is 3.97. The highest BCUT2D eigenvalue weighted by molar-refractivity contribution is 6.38. The van der Waals surface area contributed by atoms with E-state index >= 15 is 0 Å². The fourth-order valence-corrected chi connectivity index (χ4v) is 2.59. The number of methoxy groups -OCH3 is 1. The highest BCUT2D eigenvalue weighted by Gasteiger charge is 2.23. The molecule has 0 bridgehead atoms. The zero-order valence-electron chi connectivity index (χ0n) is 13.8. The molecule has 140 valence electrons. The first-order chi connectivity index (χ1) is 13.0. The molecular formula is C14H12Cl2N8O3. The molecule has 0 saturated carbocycles. The van der Waals surface area contributed by atoms with Gasteiger partial charge in [0.25, 0.3) is 5.91 Å². The van der Waals surface area contributed by atoms with Gasteiger partial charge in [-0.3, -0.25) is 4.79 Å². The number of nitrogens with one attached hydrogen (secondary N) is 1. The van der Waals surface area contributed by atoms with E-state index in [-0.39, 0.29) is 29.6 Å². The molecule has 0 atom stereocenters. The number of ether oxygens (including phenoxy) is 1. The predicted octanol–water partition coefficient (Wildman–Crippen LogP) is 1.45. The number of nitrogens with two attached hydrogens (primary N) is 1. The van der Waals surface area contributed by atoms with Crippen LogP contribution in [0.15, 0.2) is 27.9 Å². The van der Waals surface area contributed by atoms with Gasteiger partial charge in [0, 0.05) is 12.7 Å². The van der Waals surface area contributed by atoms with Crippen molar-refractivity contribution >= 4 is 41.1 Å². The number of hydrogen-bond acceptors (Lipinski definition) is 9. The second-order valence-corrected chi connectivity index (χ2v) is 5.85. The molecule has 0 fully saturated rings. The lowest BCUT2D eigenvalue weighted by Crippen LogP contribution is -2.20. The maximum Gasteiger partial charge on any atom is 0.293 e. The number of amides is 1. The van der Waals surface area contributed by atoms with Crippen LogP contribution in [0.1, 0.15) is 21.7 Å². The van der Waals surface area contributed by atoms with Gasteiger partial charge in [-0.05, 0) is 22.4 Å². The second kappa shape index (κ2) is 8.12. The van der Waals surface area contributed by atoms with Crippen LogP contribution < -0.4 is 11.2 Å². The van der Waals surface area contributed by atoms with Crippen LogP contribution >= 0.6 is 23.2 Å². The highest BCUT2D eigenvalue weighted by Crippen LogP contribution is 2.22. The van der Waals surface area contributed by atoms with Crippen molar-refractivity contribution < 1.29 is 14.2 Å². The molecule has 0 aliphatic carbocycles. The highest BCUT2D eigenvalue weighted by atomic mass is 35.5. The van der Waals surface area contributed by atoms with Crippen LogP contribution in [-0.2, 0) is 11.3 Å². The minimum atomic E-state index is -0.636. The summed E-state index contributed by atoms with van der Waals surface area (Å²) in [4.78, 5) is 12.4. The fourth-order valence-electron chi connectivity index (χ4n) is 2.09. The first kappa shape index (κ1) is 18.8. The van der Waals surface area contributed by atoms with Crippen LogP contribution in [-0.4, -0.2) is 44.5 Å². The molecule has 1 amide bonds. The Morgan fingerprint density at radius 2 is 2.15 bits per heavy atom. The van der Waals surface area contributed by atoms with Crippen LogP contribution in [0, 0.1) is 0 Å². The van der Waals surface area contributed by atoms with Crippen LogP contribution in [0.2, 0.25) is 10.0 Å². The number of halogens is 2. The molecule has 0 spiro atoms. The number of hydrazone groups is 1. The van der Waals surface area contributed by atoms with Gasteiger partial charge < -0.3 is 10.5 Å². The number of nitrogens with zero attached hydrogens (tertiary/aromatic N) is 6. The van der Waals surface area contributed by atoms with Crippen molar-refractivity contribution in [3.8, 4) is 5.82 Å². The Balaban J connectivity index is 1.84. The van der Waals surface area contributed by atoms with Gasteiger partial charge in [-0.1, -0.05) is 34.5 Å². The summed E-state index contributed by atoms with van der Waals surface area (Å²) in [6, 6.07) is 4.99. The third kappa shape index (κ3) is 3.89. The molecule has 3 rings (SSSR count). The molecule has 13 heteroatoms. The van der Waals surface area contributed by atoms with Crippen molar-refractivity contribution in [1.82, 2.24) is 30.7 Å². The van der Waals surface area contributed by atoms with E-state index in [0.717, 1.165) is 0 Å². The summed E-state index contributed by atoms with van der Waals surface area (Å²) >= 11 is 12.1. The first-order valence-corrected chi connectivity index (χ1v) is 8.07. The molecule has 0 aliphatic heterocycles. The minimum Gasteiger partial charge on any atom is -0.378 e. The maximum atomic E-state index is 12.4. The summed E-state index contributed by atoms with van der Waals surface area (Å²) in [5.74, 6) is -0.571. The number of anilines is 1. The number of carbonyl (C=O) groups is 1. The quantitative estimate of drug-likeness (QED) is 0.458. The monoisotopic (exact) mass is 410 g/mol. The summed E-state index contributed by atoms with van der Waals surface area (Å²) in [5, 5.41) is 19.4. The molecule has 2 heterocycles. The predicted molar refractivity (Wildman–Crippen MR) is 95.9 cm³/mol. The van der Waals surface area contributed by atoms with E-state index in [4.69, 9.17) is 33.7 Å². The van der Waals surface area contributed by atoms with E-state index in [2.05, 4.69) is 35.8 Å². The average molecular weight is 411 g/mol. The van der Waals surface area contributed by atoms with Gasteiger partial charge >= 0.3 is 0 Å². The molecule has 11 nitrogen and oxygen atoms in total. The van der Waals surface area contributed by atoms with Gasteiger partial charge in [0.05, 0.1) is 22.9 Å². The van der Waals surface area contributed by atoms with Crippen LogP contribution in [0.4, 0.5) is 5.82 Å². The number of rotatable bonds is 6. The molecular weight excluding hydrogens is 399 g/mol. The van der Waals surface area contributed by atoms with Crippen molar-refractivity contribution in [2.75, 3.05) is 12.8 Å². The third-order valence-electron chi connectivity index (χ3n) is 3.31. The SMILES string of the molecule is COCc1c(C(=O)N/N=C/c2c(Cl)cccc2Cl)nnn1-c1nonc1N. The Kier molecular flexibility index (Phi) is 5.64. The van der Waals surface area contributed by atoms with Crippen molar-refractivity contribution in [2.45, 2.75) is 6.61 Å². The normalized spacial score (nSPS) is 11.2. The van der Waals surface area contributed by atoms with E-state index in [1.165, 1.54) is 18.0 Å². The molecule has 0 unspecified atom stereocenters. The number of carbonyl (C=O) groups excluding carboxylic acids is 1. The Labute approximate surface area is 162 Å². The van der Waals surface area contributed by atoms with Gasteiger partial charge in [-0.2, -0.15) is 9.78 Å². The average Bonchev–Trinajstić information content (AvgIpc) is 3.23. The topological polar surface area (TPSA) is 146 Å². The molecule has 3 N–H and O–H groups in total. The standard InChI is InChI=1S/C14H12Cl2N8O3/c1-26-6-10-11(19-23-24(10)13-12(17)21-27-22-13)14(25)20-18-5-7-8(15)3-2-4-9(7)16/h2-5H,6H2,1H3,(H2,17,21)(H,20,25)/b18-5+. The van der Waals surface area contributed by atoms with E-state index in [1.807, 2.05) is 0 Å². The number of hydrogen-bond donors (Lipinski definition) is 2. The van der Waals surface area contributed by atoms with Gasteiger partial charge in [0.1, 0.15) is 5.69 Å². The molecule has 2 aromatic heterocycles. The van der Waals surface area contributed by atoms with Crippen molar-refractivity contribution in [1.29, 1.82) is 0 Å². The van der Waals surface area contributed by atoms with Crippen LogP contribution in [0.25, 0.3) is 5.82 Å². The molecule has 3 aromatic rings. The van der Waals surface area contributed by atoms with Gasteiger partial charge in [-0.25, -0.2) is 10.1 Å². The zero-order valence-corrected chi connectivity index (χ0v) is 15.3. The summed E-state index contributed by atoms with van der Waals surface area (Å²) < 4.78 is 10.8. The van der Waals surface area contributed by atoms with Crippen molar-refractivity contribution in [3.63, 3.8) is 0 Å². The summed E-state index contributed by atoms with van der Waals surface area (Å²) in [7, 11) is 1.45. The van der Waals surface area contributed by atoms with Gasteiger partial charge in [-0.15, -0.1) is 5.10 Å². The summed E-state index contributed by atoms with van der Waals surface area (Å²) in [6.07, 6.45) is 1.32. The van der Waals surface area contributed by atoms with Gasteiger partial charge in [0.15, 0.2) is 5.69 Å². The number of nitrogen functional groups attached to an aromatic ring is 1. The van der Waals surface area contributed by atoms with Crippen molar-refractivity contribution in [3.05, 3.63) is 45.2 Å². The smallest absolute Gasteiger partial charge is 0.293 e. The second-order valence-electron chi connectivity index (χ2n) is 5.04. The largest absolute Gasteiger partial charge is 0.378 e. The lowest BCUT2D eigenvalue weighted by molar-refractivity contribution is 0.0944. The Hall–Kier alpha value is -3.02. The lowest BCUT2D eigenvalue weighted by atomic mass is 10.2. The molecule has 27 heavy (non-hydrogen) atoms. The first-order valence-electron chi connectivity index (χ1n) is 7.32. The summed E-state index contributed by atoms with van der Waals surface area (Å²) in [6.45, 7) is 0.00209. The Bertz CT molecular complexity index is 980. The maximum absolute atomic E-state index is 12.4. The Morgan fingerprint density at radius 1 is 1.41 bits per heavy atom. The molecule has 0 aliphatic rings. The van der Waals surface area contributed by atoms with Crippen LogP contribution in [0.5, 0.6) is 0 Å². The van der Waals surface area contributed by atoms with E-state index in [9.17, 15) is 4.79 Å². The lowest BCUT2D eigenvalue weighted by Gasteiger charge is -2.04. The minimum absolute atomic E-state index is 0.00209. The van der Waals surface area contributed by atoms with E-state index < -0.39 is 5.91 Å². The molecule has 1 aromatic carbocycles. The van der Waals surface area contributed by atoms with Crippen LogP contribution in [0.3, 0.4) is 0 Å². The zero-order chi connectivity index (χ0) is 19.4.